The van der Waals surface area contributed by atoms with E-state index in [0.717, 1.165) is 11.9 Å². The van der Waals surface area contributed by atoms with E-state index < -0.39 is 0 Å². The second-order valence-corrected chi connectivity index (χ2v) is 5.57. The lowest BCUT2D eigenvalue weighted by Crippen LogP contribution is -2.10. The van der Waals surface area contributed by atoms with Crippen molar-refractivity contribution in [2.45, 2.75) is 19.3 Å². The highest BCUT2D eigenvalue weighted by Crippen LogP contribution is 2.64. The van der Waals surface area contributed by atoms with Gasteiger partial charge >= 0.3 is 0 Å². The summed E-state index contributed by atoms with van der Waals surface area (Å²) >= 11 is 0. The van der Waals surface area contributed by atoms with Gasteiger partial charge in [0.25, 0.3) is 0 Å². The van der Waals surface area contributed by atoms with Crippen molar-refractivity contribution < 1.29 is 4.79 Å². The van der Waals surface area contributed by atoms with Crippen molar-refractivity contribution in [1.82, 2.24) is 0 Å². The molecule has 1 saturated carbocycles. The van der Waals surface area contributed by atoms with Crippen molar-refractivity contribution in [3.05, 3.63) is 94.6 Å². The summed E-state index contributed by atoms with van der Waals surface area (Å²) in [6, 6.07) is 20.8. The predicted molar refractivity (Wildman–Crippen MR) is 86.2 cm³/mol. The van der Waals surface area contributed by atoms with Gasteiger partial charge in [-0.1, -0.05) is 66.2 Å². The molecule has 1 heteroatoms. The minimum Gasteiger partial charge on any atom is -0.299 e. The third-order valence-electron chi connectivity index (χ3n) is 4.13. The van der Waals surface area contributed by atoms with E-state index in [9.17, 15) is 4.79 Å². The Morgan fingerprint density at radius 1 is 0.857 bits per heavy atom. The average molecular weight is 274 g/mol. The van der Waals surface area contributed by atoms with Crippen LogP contribution < -0.4 is 0 Å². The van der Waals surface area contributed by atoms with Crippen LogP contribution in [0.3, 0.4) is 0 Å². The Balaban J connectivity index is 2.31. The summed E-state index contributed by atoms with van der Waals surface area (Å²) in [7, 11) is 0. The molecule has 0 bridgehead atoms. The van der Waals surface area contributed by atoms with Gasteiger partial charge in [-0.2, -0.15) is 0 Å². The van der Waals surface area contributed by atoms with Crippen molar-refractivity contribution in [3.8, 4) is 0 Å². The van der Waals surface area contributed by atoms with Gasteiger partial charge in [0.05, 0.1) is 5.41 Å². The molecule has 1 nitrogen and oxygen atoms in total. The van der Waals surface area contributed by atoms with Crippen molar-refractivity contribution in [3.63, 3.8) is 0 Å². The van der Waals surface area contributed by atoms with Crippen molar-refractivity contribution >= 4 is 6.29 Å². The molecule has 0 aromatic heterocycles. The molecule has 0 radical (unpaired) electrons. The van der Waals surface area contributed by atoms with Crippen molar-refractivity contribution in [1.29, 1.82) is 0 Å². The first-order valence-corrected chi connectivity index (χ1v) is 7.18. The number of carbonyl (C=O) groups excluding carboxylic acids is 1. The van der Waals surface area contributed by atoms with Gasteiger partial charge in [0, 0.05) is 0 Å². The molecule has 3 rings (SSSR count). The van der Waals surface area contributed by atoms with E-state index in [1.165, 1.54) is 22.3 Å². The summed E-state index contributed by atoms with van der Waals surface area (Å²) in [6.07, 6.45) is 2.61. The molecule has 0 spiro atoms. The smallest absolute Gasteiger partial charge is 0.143 e. The highest BCUT2D eigenvalue weighted by molar-refractivity contribution is 5.86. The van der Waals surface area contributed by atoms with Gasteiger partial charge < -0.3 is 0 Å². The fourth-order valence-corrected chi connectivity index (χ4v) is 3.36. The zero-order valence-corrected chi connectivity index (χ0v) is 12.3. The Hall–Kier alpha value is -2.41. The Labute approximate surface area is 125 Å². The molecule has 1 aliphatic carbocycles. The summed E-state index contributed by atoms with van der Waals surface area (Å²) in [4.78, 5) is 11.1. The maximum atomic E-state index is 11.1. The minimum atomic E-state index is -0.248. The van der Waals surface area contributed by atoms with Crippen LogP contribution in [0.4, 0.5) is 0 Å². The molecule has 2 aromatic rings. The van der Waals surface area contributed by atoms with E-state index in [2.05, 4.69) is 62.4 Å². The number of aldehydes is 1. The number of hydrogen-bond donors (Lipinski definition) is 0. The number of rotatable bonds is 3. The fourth-order valence-electron chi connectivity index (χ4n) is 3.36. The first kappa shape index (κ1) is 13.6. The Kier molecular flexibility index (Phi) is 3.34. The van der Waals surface area contributed by atoms with E-state index in [1.807, 2.05) is 12.1 Å². The molecule has 0 saturated heterocycles. The maximum Gasteiger partial charge on any atom is 0.143 e. The quantitative estimate of drug-likeness (QED) is 0.597. The molecule has 1 fully saturated rings. The van der Waals surface area contributed by atoms with E-state index in [-0.39, 0.29) is 5.41 Å². The van der Waals surface area contributed by atoms with Gasteiger partial charge in [-0.05, 0) is 42.2 Å². The zero-order chi connectivity index (χ0) is 14.9. The molecule has 0 atom stereocenters. The molecule has 0 amide bonds. The zero-order valence-electron chi connectivity index (χ0n) is 12.3. The van der Waals surface area contributed by atoms with E-state index in [4.69, 9.17) is 0 Å². The van der Waals surface area contributed by atoms with Crippen molar-refractivity contribution in [2.75, 3.05) is 0 Å². The maximum absolute atomic E-state index is 11.1. The molecule has 0 heterocycles. The van der Waals surface area contributed by atoms with Crippen LogP contribution in [0.15, 0.2) is 83.5 Å². The molecule has 1 aliphatic rings. The first-order valence-electron chi connectivity index (χ1n) is 7.18. The minimum absolute atomic E-state index is 0.248. The van der Waals surface area contributed by atoms with Crippen LogP contribution in [0.25, 0.3) is 0 Å². The molecule has 21 heavy (non-hydrogen) atoms. The highest BCUT2D eigenvalue weighted by Gasteiger charge is 2.57. The summed E-state index contributed by atoms with van der Waals surface area (Å²) in [5.41, 5.74) is 5.85. The lowest BCUT2D eigenvalue weighted by molar-refractivity contribution is -0.104. The van der Waals surface area contributed by atoms with Crippen molar-refractivity contribution in [2.24, 2.45) is 0 Å². The lowest BCUT2D eigenvalue weighted by atomic mass is 9.85. The van der Waals surface area contributed by atoms with Gasteiger partial charge in [-0.15, -0.1) is 0 Å². The normalized spacial score (nSPS) is 17.6. The predicted octanol–water partition coefficient (Wildman–Crippen LogP) is 4.45. The Morgan fingerprint density at radius 2 is 1.33 bits per heavy atom. The molecule has 104 valence electrons. The third-order valence-corrected chi connectivity index (χ3v) is 4.13. The van der Waals surface area contributed by atoms with Crippen LogP contribution in [0, 0.1) is 0 Å². The standard InChI is InChI=1S/C20H18O/c1-15(2)19-18(13-14-21)20(19,16-9-5-3-6-10-16)17-11-7-4-8-12-17/h3-14H,1-2H3/b18-13+. The van der Waals surface area contributed by atoms with E-state index in [1.54, 1.807) is 6.08 Å². The molecular weight excluding hydrogens is 256 g/mol. The number of allylic oxidation sites excluding steroid dienone is 4. The molecule has 2 aromatic carbocycles. The van der Waals surface area contributed by atoms with Crippen LogP contribution in [-0.4, -0.2) is 6.29 Å². The molecular formula is C20H18O. The highest BCUT2D eigenvalue weighted by atomic mass is 16.1. The lowest BCUT2D eigenvalue weighted by Gasteiger charge is -2.16. The fraction of sp³-hybridized carbons (Fsp3) is 0.150. The second kappa shape index (κ2) is 5.17. The van der Waals surface area contributed by atoms with Gasteiger partial charge in [0.15, 0.2) is 0 Å². The Bertz CT molecular complexity index is 677. The number of carbonyl (C=O) groups is 1. The van der Waals surface area contributed by atoms with Crippen LogP contribution in [0.2, 0.25) is 0 Å². The average Bonchev–Trinajstić information content (AvgIpc) is 3.19. The first-order chi connectivity index (χ1) is 10.2. The van der Waals surface area contributed by atoms with Crippen LogP contribution in [-0.2, 0) is 10.2 Å². The summed E-state index contributed by atoms with van der Waals surface area (Å²) in [6.45, 7) is 4.23. The topological polar surface area (TPSA) is 17.1 Å². The van der Waals surface area contributed by atoms with Gasteiger partial charge in [0.2, 0.25) is 0 Å². The second-order valence-electron chi connectivity index (χ2n) is 5.57. The molecule has 0 aliphatic heterocycles. The SMILES string of the molecule is CC(C)=C1/C(=C\C=O)C1(c1ccccc1)c1ccccc1. The molecule has 0 N–H and O–H groups in total. The number of benzene rings is 2. The van der Waals surface area contributed by atoms with Crippen LogP contribution >= 0.6 is 0 Å². The van der Waals surface area contributed by atoms with Crippen LogP contribution in [0.5, 0.6) is 0 Å². The van der Waals surface area contributed by atoms with Gasteiger partial charge in [0.1, 0.15) is 6.29 Å². The monoisotopic (exact) mass is 274 g/mol. The van der Waals surface area contributed by atoms with Gasteiger partial charge in [-0.3, -0.25) is 4.79 Å². The van der Waals surface area contributed by atoms with E-state index >= 15 is 0 Å². The number of hydrogen-bond acceptors (Lipinski definition) is 1. The summed E-state index contributed by atoms with van der Waals surface area (Å²) < 4.78 is 0. The molecule has 0 unspecified atom stereocenters. The largest absolute Gasteiger partial charge is 0.299 e. The van der Waals surface area contributed by atoms with Gasteiger partial charge in [-0.25, -0.2) is 0 Å². The van der Waals surface area contributed by atoms with Crippen LogP contribution in [0.1, 0.15) is 25.0 Å². The Morgan fingerprint density at radius 3 is 1.71 bits per heavy atom. The third kappa shape index (κ3) is 1.97. The summed E-state index contributed by atoms with van der Waals surface area (Å²) in [5.74, 6) is 0. The van der Waals surface area contributed by atoms with E-state index in [0.29, 0.717) is 0 Å². The summed E-state index contributed by atoms with van der Waals surface area (Å²) in [5, 5.41) is 0.